The van der Waals surface area contributed by atoms with Crippen molar-refractivity contribution < 1.29 is 41.0 Å². The van der Waals surface area contributed by atoms with Crippen LogP contribution in [-0.4, -0.2) is 83.4 Å². The molecule has 10 nitrogen and oxygen atoms in total. The Kier molecular flexibility index (Phi) is 10.1. The fraction of sp³-hybridized carbons (Fsp3) is 0.391. The Balaban J connectivity index is 0.000000604. The summed E-state index contributed by atoms with van der Waals surface area (Å²) in [5, 5.41) is 10.4. The number of alkyl halides is 3. The van der Waals surface area contributed by atoms with E-state index in [1.54, 1.807) is 44.4 Å². The van der Waals surface area contributed by atoms with E-state index in [0.717, 1.165) is 31.9 Å². The molecule has 1 amide bonds. The Bertz CT molecular complexity index is 1180. The number of amides is 1. The SMILES string of the molecule is CCOc1ccc(S(=O)(=O)Nc2cc(C(=O)N(C)C)ccc2N2CCNCC2)cc1.O=C(O)C(F)(F)F. The quantitative estimate of drug-likeness (QED) is 0.484. The fourth-order valence-corrected chi connectivity index (χ4v) is 4.34. The standard InChI is InChI=1S/C21H28N4O4S.C2HF3O2/c1-4-29-17-6-8-18(9-7-17)30(27,28)23-19-15-16(21(26)24(2)3)5-10-20(19)25-13-11-22-12-14-25;3-2(4,5)1(6)7/h5-10,15,22-23H,4,11-14H2,1-3H3;(H,6,7). The molecule has 3 N–H and O–H groups in total. The number of carboxylic acids is 1. The maximum atomic E-state index is 13.0. The summed E-state index contributed by atoms with van der Waals surface area (Å²) in [6.07, 6.45) is -5.08. The Labute approximate surface area is 213 Å². The van der Waals surface area contributed by atoms with Crippen LogP contribution in [-0.2, 0) is 14.8 Å². The molecule has 0 aromatic heterocycles. The summed E-state index contributed by atoms with van der Waals surface area (Å²) in [6.45, 7) is 5.49. The molecule has 0 aliphatic carbocycles. The van der Waals surface area contributed by atoms with Crippen LogP contribution in [0.1, 0.15) is 17.3 Å². The topological polar surface area (TPSA) is 128 Å². The van der Waals surface area contributed by atoms with E-state index in [0.29, 0.717) is 23.6 Å². The number of carbonyl (C=O) groups excluding carboxylic acids is 1. The van der Waals surface area contributed by atoms with E-state index < -0.39 is 22.2 Å². The first-order chi connectivity index (χ1) is 17.3. The second kappa shape index (κ2) is 12.6. The first-order valence-corrected chi connectivity index (χ1v) is 12.6. The third-order valence-electron chi connectivity index (χ3n) is 5.04. The predicted molar refractivity (Wildman–Crippen MR) is 132 cm³/mol. The highest BCUT2D eigenvalue weighted by Crippen LogP contribution is 2.30. The van der Waals surface area contributed by atoms with Gasteiger partial charge >= 0.3 is 12.1 Å². The number of carbonyl (C=O) groups is 2. The van der Waals surface area contributed by atoms with Crippen molar-refractivity contribution in [1.29, 1.82) is 0 Å². The smallest absolute Gasteiger partial charge is 0.490 e. The summed E-state index contributed by atoms with van der Waals surface area (Å²) in [5.74, 6) is -2.34. The van der Waals surface area contributed by atoms with Gasteiger partial charge in [0.25, 0.3) is 15.9 Å². The summed E-state index contributed by atoms with van der Waals surface area (Å²) in [5.41, 5.74) is 1.56. The number of benzene rings is 2. The van der Waals surface area contributed by atoms with Gasteiger partial charge in [-0.2, -0.15) is 13.2 Å². The van der Waals surface area contributed by atoms with Crippen molar-refractivity contribution in [2.45, 2.75) is 18.0 Å². The number of hydrogen-bond acceptors (Lipinski definition) is 7. The number of halogens is 3. The number of ether oxygens (including phenoxy) is 1. The van der Waals surface area contributed by atoms with Crippen molar-refractivity contribution in [3.8, 4) is 5.75 Å². The van der Waals surface area contributed by atoms with Crippen LogP contribution in [0, 0.1) is 0 Å². The number of nitrogens with one attached hydrogen (secondary N) is 2. The molecule has 0 unspecified atom stereocenters. The zero-order valence-corrected chi connectivity index (χ0v) is 21.3. The lowest BCUT2D eigenvalue weighted by Gasteiger charge is -2.31. The minimum absolute atomic E-state index is 0.126. The van der Waals surface area contributed by atoms with Gasteiger partial charge in [0.05, 0.1) is 22.9 Å². The van der Waals surface area contributed by atoms with Crippen molar-refractivity contribution in [3.63, 3.8) is 0 Å². The van der Waals surface area contributed by atoms with Gasteiger partial charge < -0.3 is 25.0 Å². The van der Waals surface area contributed by atoms with Crippen molar-refractivity contribution in [2.24, 2.45) is 0 Å². The molecule has 1 aliphatic rings. The Hall–Kier alpha value is -3.52. The van der Waals surface area contributed by atoms with Crippen molar-refractivity contribution in [2.75, 3.05) is 56.5 Å². The molecule has 0 bridgehead atoms. The van der Waals surface area contributed by atoms with E-state index in [4.69, 9.17) is 14.6 Å². The lowest BCUT2D eigenvalue weighted by atomic mass is 10.1. The maximum absolute atomic E-state index is 13.0. The zero-order chi connectivity index (χ0) is 27.8. The van der Waals surface area contributed by atoms with E-state index in [9.17, 15) is 26.4 Å². The maximum Gasteiger partial charge on any atom is 0.490 e. The van der Waals surface area contributed by atoms with Gasteiger partial charge in [0.15, 0.2) is 0 Å². The van der Waals surface area contributed by atoms with Crippen molar-refractivity contribution in [3.05, 3.63) is 48.0 Å². The van der Waals surface area contributed by atoms with Crippen LogP contribution in [0.2, 0.25) is 0 Å². The van der Waals surface area contributed by atoms with Crippen LogP contribution in [0.25, 0.3) is 0 Å². The Morgan fingerprint density at radius 3 is 2.16 bits per heavy atom. The van der Waals surface area contributed by atoms with Gasteiger partial charge in [-0.15, -0.1) is 0 Å². The van der Waals surface area contributed by atoms with E-state index in [1.165, 1.54) is 17.0 Å². The van der Waals surface area contributed by atoms with Crippen LogP contribution in [0.3, 0.4) is 0 Å². The molecule has 2 aromatic rings. The van der Waals surface area contributed by atoms with Crippen LogP contribution < -0.4 is 19.7 Å². The molecule has 1 aliphatic heterocycles. The van der Waals surface area contributed by atoms with Crippen LogP contribution in [0.15, 0.2) is 47.4 Å². The summed E-state index contributed by atoms with van der Waals surface area (Å²) < 4.78 is 65.9. The van der Waals surface area contributed by atoms with Crippen molar-refractivity contribution in [1.82, 2.24) is 10.2 Å². The van der Waals surface area contributed by atoms with E-state index in [2.05, 4.69) is 14.9 Å². The summed E-state index contributed by atoms with van der Waals surface area (Å²) >= 11 is 0. The number of hydrogen-bond donors (Lipinski definition) is 3. The third kappa shape index (κ3) is 8.53. The van der Waals surface area contributed by atoms with Gasteiger partial charge in [-0.3, -0.25) is 9.52 Å². The minimum atomic E-state index is -5.08. The first-order valence-electron chi connectivity index (χ1n) is 11.1. The molecule has 14 heteroatoms. The second-order valence-electron chi connectivity index (χ2n) is 7.98. The number of piperazine rings is 1. The third-order valence-corrected chi connectivity index (χ3v) is 6.42. The average molecular weight is 547 g/mol. The highest BCUT2D eigenvalue weighted by Gasteiger charge is 2.38. The molecule has 2 aromatic carbocycles. The zero-order valence-electron chi connectivity index (χ0n) is 20.5. The molecular formula is C23H29F3N4O6S. The highest BCUT2D eigenvalue weighted by molar-refractivity contribution is 7.92. The summed E-state index contributed by atoms with van der Waals surface area (Å²) in [6, 6.07) is 11.4. The van der Waals surface area contributed by atoms with Gasteiger partial charge in [-0.1, -0.05) is 0 Å². The number of nitrogens with zero attached hydrogens (tertiary/aromatic N) is 2. The molecule has 3 rings (SSSR count). The first kappa shape index (κ1) is 29.7. The fourth-order valence-electron chi connectivity index (χ4n) is 3.28. The molecule has 0 radical (unpaired) electrons. The molecule has 1 heterocycles. The van der Waals surface area contributed by atoms with E-state index in [1.807, 2.05) is 6.92 Å². The average Bonchev–Trinajstić information content (AvgIpc) is 2.84. The molecule has 204 valence electrons. The molecule has 0 atom stereocenters. The molecule has 0 spiro atoms. The van der Waals surface area contributed by atoms with Gasteiger partial charge in [0, 0.05) is 45.8 Å². The monoisotopic (exact) mass is 546 g/mol. The number of anilines is 2. The predicted octanol–water partition coefficient (Wildman–Crippen LogP) is 2.63. The molecule has 1 fully saturated rings. The number of sulfonamides is 1. The van der Waals surface area contributed by atoms with E-state index in [-0.39, 0.29) is 10.8 Å². The number of rotatable bonds is 7. The minimum Gasteiger partial charge on any atom is -0.494 e. The van der Waals surface area contributed by atoms with Crippen LogP contribution in [0.5, 0.6) is 5.75 Å². The molecule has 1 saturated heterocycles. The Morgan fingerprint density at radius 2 is 1.68 bits per heavy atom. The van der Waals surface area contributed by atoms with Gasteiger partial charge in [-0.25, -0.2) is 13.2 Å². The summed E-state index contributed by atoms with van der Waals surface area (Å²) in [4.78, 5) is 25.0. The lowest BCUT2D eigenvalue weighted by Crippen LogP contribution is -2.43. The van der Waals surface area contributed by atoms with Crippen molar-refractivity contribution >= 4 is 33.3 Å². The summed E-state index contributed by atoms with van der Waals surface area (Å²) in [7, 11) is -0.516. The van der Waals surface area contributed by atoms with Crippen LogP contribution in [0.4, 0.5) is 24.5 Å². The van der Waals surface area contributed by atoms with Gasteiger partial charge in [-0.05, 0) is 49.4 Å². The molecule has 0 saturated carbocycles. The normalized spacial score (nSPS) is 13.7. The molecule has 37 heavy (non-hydrogen) atoms. The van der Waals surface area contributed by atoms with Gasteiger partial charge in [0.1, 0.15) is 5.75 Å². The lowest BCUT2D eigenvalue weighted by molar-refractivity contribution is -0.192. The Morgan fingerprint density at radius 1 is 1.11 bits per heavy atom. The van der Waals surface area contributed by atoms with E-state index >= 15 is 0 Å². The number of aliphatic carboxylic acids is 1. The molecular weight excluding hydrogens is 517 g/mol. The second-order valence-corrected chi connectivity index (χ2v) is 9.66. The highest BCUT2D eigenvalue weighted by atomic mass is 32.2. The largest absolute Gasteiger partial charge is 0.494 e. The number of carboxylic acid groups (broad SMARTS) is 1. The van der Waals surface area contributed by atoms with Crippen LogP contribution >= 0.6 is 0 Å². The van der Waals surface area contributed by atoms with Gasteiger partial charge in [0.2, 0.25) is 0 Å².